The van der Waals surface area contributed by atoms with Crippen LogP contribution in [0.2, 0.25) is 0 Å². The van der Waals surface area contributed by atoms with E-state index < -0.39 is 23.4 Å². The second kappa shape index (κ2) is 6.98. The average molecular weight is 287 g/mol. The van der Waals surface area contributed by atoms with Crippen LogP contribution in [0.15, 0.2) is 41.6 Å². The van der Waals surface area contributed by atoms with Crippen LogP contribution in [0.1, 0.15) is 19.4 Å². The number of hydrogen-bond acceptors (Lipinski definition) is 3. The molecular formula is C14H16F3NO2. The third-order valence-electron chi connectivity index (χ3n) is 2.55. The fourth-order valence-corrected chi connectivity index (χ4v) is 1.57. The van der Waals surface area contributed by atoms with Crippen molar-refractivity contribution in [1.82, 2.24) is 5.32 Å². The largest absolute Gasteiger partial charge is 0.463 e. The van der Waals surface area contributed by atoms with Crippen LogP contribution in [-0.4, -0.2) is 18.8 Å². The Balaban J connectivity index is 2.91. The Bertz CT molecular complexity index is 481. The molecule has 0 atom stereocenters. The van der Waals surface area contributed by atoms with Crippen molar-refractivity contribution in [3.8, 4) is 0 Å². The summed E-state index contributed by atoms with van der Waals surface area (Å²) in [7, 11) is 0. The van der Waals surface area contributed by atoms with Crippen LogP contribution in [0.25, 0.3) is 0 Å². The zero-order valence-corrected chi connectivity index (χ0v) is 11.3. The SMILES string of the molecule is CCOC(=O)/C(C)=C(\NCc1ccccc1)C(F)(F)F. The van der Waals surface area contributed by atoms with E-state index in [1.807, 2.05) is 0 Å². The lowest BCUT2D eigenvalue weighted by atomic mass is 10.2. The topological polar surface area (TPSA) is 38.3 Å². The number of esters is 1. The van der Waals surface area contributed by atoms with E-state index in [1.54, 1.807) is 30.3 Å². The normalized spacial score (nSPS) is 12.7. The molecule has 0 unspecified atom stereocenters. The third-order valence-corrected chi connectivity index (χ3v) is 2.55. The number of hydrogen-bond donors (Lipinski definition) is 1. The lowest BCUT2D eigenvalue weighted by Gasteiger charge is -2.17. The molecule has 1 rings (SSSR count). The predicted molar refractivity (Wildman–Crippen MR) is 68.7 cm³/mol. The highest BCUT2D eigenvalue weighted by Gasteiger charge is 2.37. The van der Waals surface area contributed by atoms with Crippen molar-refractivity contribution in [2.24, 2.45) is 0 Å². The Kier molecular flexibility index (Phi) is 5.61. The minimum atomic E-state index is -4.63. The van der Waals surface area contributed by atoms with Gasteiger partial charge in [0.05, 0.1) is 12.2 Å². The summed E-state index contributed by atoms with van der Waals surface area (Å²) in [5.41, 5.74) is -0.860. The molecule has 110 valence electrons. The van der Waals surface area contributed by atoms with Gasteiger partial charge in [-0.25, -0.2) is 4.79 Å². The molecule has 20 heavy (non-hydrogen) atoms. The van der Waals surface area contributed by atoms with E-state index in [9.17, 15) is 18.0 Å². The van der Waals surface area contributed by atoms with Gasteiger partial charge in [-0.2, -0.15) is 13.2 Å². The first kappa shape index (κ1) is 16.1. The highest BCUT2D eigenvalue weighted by Crippen LogP contribution is 2.27. The van der Waals surface area contributed by atoms with Crippen molar-refractivity contribution < 1.29 is 22.7 Å². The summed E-state index contributed by atoms with van der Waals surface area (Å²) in [6.45, 7) is 2.64. The molecule has 0 aliphatic rings. The molecule has 0 radical (unpaired) electrons. The molecule has 1 aromatic rings. The number of carbonyl (C=O) groups is 1. The summed E-state index contributed by atoms with van der Waals surface area (Å²) in [6, 6.07) is 8.62. The summed E-state index contributed by atoms with van der Waals surface area (Å²) >= 11 is 0. The first-order chi connectivity index (χ1) is 9.36. The Morgan fingerprint density at radius 2 is 1.85 bits per heavy atom. The van der Waals surface area contributed by atoms with Gasteiger partial charge in [-0.05, 0) is 19.4 Å². The monoisotopic (exact) mass is 287 g/mol. The lowest BCUT2D eigenvalue weighted by molar-refractivity contribution is -0.140. The molecule has 0 aliphatic heterocycles. The van der Waals surface area contributed by atoms with Crippen LogP contribution in [0.4, 0.5) is 13.2 Å². The molecular weight excluding hydrogens is 271 g/mol. The van der Waals surface area contributed by atoms with Crippen molar-refractivity contribution >= 4 is 5.97 Å². The minimum absolute atomic E-state index is 0.0214. The summed E-state index contributed by atoms with van der Waals surface area (Å²) in [6.07, 6.45) is -4.63. The number of alkyl halides is 3. The van der Waals surface area contributed by atoms with Crippen LogP contribution in [0, 0.1) is 0 Å². The molecule has 1 N–H and O–H groups in total. The molecule has 0 amide bonds. The molecule has 0 bridgehead atoms. The number of allylic oxidation sites excluding steroid dienone is 1. The van der Waals surface area contributed by atoms with Gasteiger partial charge in [0.1, 0.15) is 5.70 Å². The van der Waals surface area contributed by atoms with Gasteiger partial charge < -0.3 is 10.1 Å². The van der Waals surface area contributed by atoms with Crippen molar-refractivity contribution in [3.63, 3.8) is 0 Å². The first-order valence-corrected chi connectivity index (χ1v) is 6.09. The standard InChI is InChI=1S/C14H16F3NO2/c1-3-20-13(19)10(2)12(14(15,16)17)18-9-11-7-5-4-6-8-11/h4-8,18H,3,9H2,1-2H3/b12-10-. The molecule has 0 aliphatic carbocycles. The van der Waals surface area contributed by atoms with Crippen molar-refractivity contribution in [2.45, 2.75) is 26.6 Å². The molecule has 0 fully saturated rings. The fourth-order valence-electron chi connectivity index (χ4n) is 1.57. The number of halogens is 3. The van der Waals surface area contributed by atoms with Crippen LogP contribution < -0.4 is 5.32 Å². The summed E-state index contributed by atoms with van der Waals surface area (Å²) in [5, 5.41) is 2.27. The van der Waals surface area contributed by atoms with Gasteiger partial charge in [-0.3, -0.25) is 0 Å². The molecule has 6 heteroatoms. The summed E-state index contributed by atoms with van der Waals surface area (Å²) in [4.78, 5) is 11.4. The molecule has 1 aromatic carbocycles. The Morgan fingerprint density at radius 3 is 2.35 bits per heavy atom. The van der Waals surface area contributed by atoms with Crippen molar-refractivity contribution in [2.75, 3.05) is 6.61 Å². The first-order valence-electron chi connectivity index (χ1n) is 6.09. The molecule has 0 spiro atoms. The van der Waals surface area contributed by atoms with Gasteiger partial charge in [0.15, 0.2) is 0 Å². The Morgan fingerprint density at radius 1 is 1.25 bits per heavy atom. The van der Waals surface area contributed by atoms with E-state index in [1.165, 1.54) is 6.92 Å². The van der Waals surface area contributed by atoms with Crippen LogP contribution in [0.5, 0.6) is 0 Å². The Hall–Kier alpha value is -1.98. The zero-order valence-electron chi connectivity index (χ0n) is 11.3. The maximum Gasteiger partial charge on any atom is 0.431 e. The average Bonchev–Trinajstić information content (AvgIpc) is 2.38. The minimum Gasteiger partial charge on any atom is -0.463 e. The summed E-state index contributed by atoms with van der Waals surface area (Å²) in [5.74, 6) is -0.972. The van der Waals surface area contributed by atoms with Gasteiger partial charge in [0, 0.05) is 6.54 Å². The van der Waals surface area contributed by atoms with E-state index >= 15 is 0 Å². The number of carbonyl (C=O) groups excluding carboxylic acids is 1. The van der Waals surface area contributed by atoms with Crippen LogP contribution >= 0.6 is 0 Å². The third kappa shape index (κ3) is 4.60. The Labute approximate surface area is 115 Å². The van der Waals surface area contributed by atoms with E-state index in [-0.39, 0.29) is 13.2 Å². The van der Waals surface area contributed by atoms with Crippen LogP contribution in [0.3, 0.4) is 0 Å². The number of ether oxygens (including phenoxy) is 1. The maximum atomic E-state index is 12.9. The summed E-state index contributed by atoms with van der Waals surface area (Å²) < 4.78 is 43.4. The van der Waals surface area contributed by atoms with Gasteiger partial charge in [-0.15, -0.1) is 0 Å². The highest BCUT2D eigenvalue weighted by atomic mass is 19.4. The molecule has 0 saturated heterocycles. The van der Waals surface area contributed by atoms with Gasteiger partial charge in [-0.1, -0.05) is 30.3 Å². The quantitative estimate of drug-likeness (QED) is 0.667. The zero-order chi connectivity index (χ0) is 15.2. The van der Waals surface area contributed by atoms with E-state index in [2.05, 4.69) is 10.1 Å². The van der Waals surface area contributed by atoms with E-state index in [4.69, 9.17) is 0 Å². The van der Waals surface area contributed by atoms with E-state index in [0.717, 1.165) is 6.92 Å². The van der Waals surface area contributed by atoms with Crippen molar-refractivity contribution in [3.05, 3.63) is 47.2 Å². The maximum absolute atomic E-state index is 12.9. The highest BCUT2D eigenvalue weighted by molar-refractivity contribution is 5.88. The predicted octanol–water partition coefficient (Wildman–Crippen LogP) is 3.18. The second-order valence-electron chi connectivity index (χ2n) is 4.06. The lowest BCUT2D eigenvalue weighted by Crippen LogP contribution is -2.29. The number of nitrogens with one attached hydrogen (secondary N) is 1. The molecule has 0 heterocycles. The second-order valence-corrected chi connectivity index (χ2v) is 4.06. The van der Waals surface area contributed by atoms with Crippen molar-refractivity contribution in [1.29, 1.82) is 0 Å². The molecule has 0 saturated carbocycles. The van der Waals surface area contributed by atoms with Gasteiger partial charge in [0.2, 0.25) is 0 Å². The smallest absolute Gasteiger partial charge is 0.431 e. The van der Waals surface area contributed by atoms with Crippen LogP contribution in [-0.2, 0) is 16.1 Å². The molecule has 0 aromatic heterocycles. The van der Waals surface area contributed by atoms with Gasteiger partial charge >= 0.3 is 12.1 Å². The van der Waals surface area contributed by atoms with Gasteiger partial charge in [0.25, 0.3) is 0 Å². The number of benzene rings is 1. The number of rotatable bonds is 5. The van der Waals surface area contributed by atoms with E-state index in [0.29, 0.717) is 5.56 Å². The fraction of sp³-hybridized carbons (Fsp3) is 0.357. The molecule has 3 nitrogen and oxygen atoms in total.